The first-order valence-corrected chi connectivity index (χ1v) is 10.6. The first-order chi connectivity index (χ1) is 14.0. The standard InChI is InChI=1S/C22H23N3O3S/c1-25-20(9-12-24-25)16-5-7-18(8-6-16)29(27)19-4-2-3-17(15-19)22(21(23)26)10-13-28-14-11-22/h2-9,12,15H,10-11,13-14H2,1H3,(H2,23,26). The number of hydrogen-bond acceptors (Lipinski definition) is 4. The summed E-state index contributed by atoms with van der Waals surface area (Å²) in [4.78, 5) is 13.6. The zero-order valence-electron chi connectivity index (χ0n) is 16.2. The van der Waals surface area contributed by atoms with Gasteiger partial charge >= 0.3 is 0 Å². The number of rotatable bonds is 5. The second-order valence-electron chi connectivity index (χ2n) is 7.22. The predicted octanol–water partition coefficient (Wildman–Crippen LogP) is 2.79. The average molecular weight is 410 g/mol. The zero-order chi connectivity index (χ0) is 20.4. The number of aromatic nitrogens is 2. The summed E-state index contributed by atoms with van der Waals surface area (Å²) in [5, 5.41) is 4.18. The number of carbonyl (C=O) groups excluding carboxylic acids is 1. The van der Waals surface area contributed by atoms with E-state index in [1.807, 2.05) is 61.6 Å². The van der Waals surface area contributed by atoms with Gasteiger partial charge in [0.15, 0.2) is 9.79 Å². The van der Waals surface area contributed by atoms with Crippen LogP contribution in [0.2, 0.25) is 0 Å². The van der Waals surface area contributed by atoms with Crippen LogP contribution in [0.15, 0.2) is 70.6 Å². The van der Waals surface area contributed by atoms with Gasteiger partial charge < -0.3 is 15.0 Å². The van der Waals surface area contributed by atoms with Crippen molar-refractivity contribution >= 4 is 17.1 Å². The van der Waals surface area contributed by atoms with Gasteiger partial charge in [0.05, 0.1) is 11.1 Å². The van der Waals surface area contributed by atoms with Crippen molar-refractivity contribution in [3.8, 4) is 11.3 Å². The molecule has 1 fully saturated rings. The van der Waals surface area contributed by atoms with Gasteiger partial charge in [-0.3, -0.25) is 9.48 Å². The Morgan fingerprint density at radius 3 is 2.48 bits per heavy atom. The third-order valence-electron chi connectivity index (χ3n) is 5.60. The highest BCUT2D eigenvalue weighted by atomic mass is 32.2. The first kappa shape index (κ1) is 19.7. The zero-order valence-corrected chi connectivity index (χ0v) is 17.0. The molecular formula is C22H23N3O3S. The van der Waals surface area contributed by atoms with Crippen LogP contribution in [0.4, 0.5) is 0 Å². The molecule has 1 saturated heterocycles. The molecular weight excluding hydrogens is 386 g/mol. The molecule has 0 aliphatic carbocycles. The highest BCUT2D eigenvalue weighted by molar-refractivity contribution is 7.91. The lowest BCUT2D eigenvalue weighted by Crippen LogP contribution is -2.45. The Labute approximate surface area is 172 Å². The smallest absolute Gasteiger partial charge is 0.228 e. The van der Waals surface area contributed by atoms with Gasteiger partial charge in [-0.2, -0.15) is 5.10 Å². The van der Waals surface area contributed by atoms with Crippen molar-refractivity contribution in [2.75, 3.05) is 13.2 Å². The van der Waals surface area contributed by atoms with Gasteiger partial charge in [0, 0.05) is 43.2 Å². The van der Waals surface area contributed by atoms with E-state index in [-0.39, 0.29) is 5.91 Å². The molecule has 4 rings (SSSR count). The summed E-state index contributed by atoms with van der Waals surface area (Å²) in [5.41, 5.74) is 7.82. The highest BCUT2D eigenvalue weighted by Crippen LogP contribution is 2.36. The molecule has 0 spiro atoms. The number of carbonyl (C=O) groups is 1. The van der Waals surface area contributed by atoms with E-state index in [1.54, 1.807) is 10.9 Å². The van der Waals surface area contributed by atoms with Crippen molar-refractivity contribution in [2.45, 2.75) is 28.0 Å². The molecule has 6 nitrogen and oxygen atoms in total. The maximum atomic E-state index is 13.2. The van der Waals surface area contributed by atoms with Crippen molar-refractivity contribution < 1.29 is 14.1 Å². The molecule has 2 heterocycles. The van der Waals surface area contributed by atoms with Crippen LogP contribution < -0.4 is 5.73 Å². The maximum absolute atomic E-state index is 13.2. The number of benzene rings is 2. The number of ether oxygens (including phenoxy) is 1. The lowest BCUT2D eigenvalue weighted by atomic mass is 9.73. The Morgan fingerprint density at radius 2 is 1.86 bits per heavy atom. The Balaban J connectivity index is 1.63. The molecule has 7 heteroatoms. The van der Waals surface area contributed by atoms with E-state index < -0.39 is 16.6 Å². The second-order valence-corrected chi connectivity index (χ2v) is 8.70. The fourth-order valence-corrected chi connectivity index (χ4v) is 4.94. The van der Waals surface area contributed by atoms with Crippen LogP contribution in [0, 0.1) is 0 Å². The minimum absolute atomic E-state index is 0.357. The summed E-state index contributed by atoms with van der Waals surface area (Å²) in [7, 11) is 1.89. The molecule has 0 saturated carbocycles. The predicted molar refractivity (Wildman–Crippen MR) is 111 cm³/mol. The molecule has 1 atom stereocenters. The van der Waals surface area contributed by atoms with E-state index in [0.717, 1.165) is 16.8 Å². The third-order valence-corrected chi connectivity index (χ3v) is 6.99. The van der Waals surface area contributed by atoms with Crippen LogP contribution in [-0.4, -0.2) is 33.5 Å². The Hall–Kier alpha value is -2.61. The first-order valence-electron chi connectivity index (χ1n) is 9.50. The fraction of sp³-hybridized carbons (Fsp3) is 0.273. The van der Waals surface area contributed by atoms with Gasteiger partial charge in [-0.25, -0.2) is 0 Å². The topological polar surface area (TPSA) is 93.2 Å². The van der Waals surface area contributed by atoms with E-state index in [4.69, 9.17) is 10.5 Å². The molecule has 1 aliphatic rings. The van der Waals surface area contributed by atoms with Gasteiger partial charge in [-0.05, 0) is 60.9 Å². The van der Waals surface area contributed by atoms with Crippen LogP contribution in [0.25, 0.3) is 11.3 Å². The lowest BCUT2D eigenvalue weighted by molar-refractivity contribution is -0.127. The van der Waals surface area contributed by atoms with E-state index >= 15 is 0 Å². The second kappa shape index (κ2) is 8.02. The van der Waals surface area contributed by atoms with Crippen LogP contribution in [0.1, 0.15) is 18.4 Å². The van der Waals surface area contributed by atoms with Crippen molar-refractivity contribution in [3.05, 3.63) is 66.4 Å². The summed E-state index contributed by atoms with van der Waals surface area (Å²) in [6, 6.07) is 17.0. The minimum atomic E-state index is -1.36. The number of hydrogen-bond donors (Lipinski definition) is 1. The number of nitrogens with two attached hydrogens (primary N) is 1. The largest absolute Gasteiger partial charge is 0.606 e. The normalized spacial score (nSPS) is 17.0. The van der Waals surface area contributed by atoms with Crippen molar-refractivity contribution in [3.63, 3.8) is 0 Å². The molecule has 1 aromatic heterocycles. The van der Waals surface area contributed by atoms with Gasteiger partial charge in [0.2, 0.25) is 5.91 Å². The number of nitrogens with zero attached hydrogens (tertiary/aromatic N) is 2. The molecule has 1 aliphatic heterocycles. The summed E-state index contributed by atoms with van der Waals surface area (Å²) >= 11 is -1.36. The van der Waals surface area contributed by atoms with Crippen molar-refractivity contribution in [2.24, 2.45) is 12.8 Å². The number of amides is 1. The summed E-state index contributed by atoms with van der Waals surface area (Å²) in [6.07, 6.45) is 2.83. The summed E-state index contributed by atoms with van der Waals surface area (Å²) in [6.45, 7) is 0.984. The Morgan fingerprint density at radius 1 is 1.14 bits per heavy atom. The van der Waals surface area contributed by atoms with Crippen LogP contribution in [-0.2, 0) is 33.2 Å². The van der Waals surface area contributed by atoms with Crippen molar-refractivity contribution in [1.82, 2.24) is 9.78 Å². The van der Waals surface area contributed by atoms with Gasteiger partial charge in [0.25, 0.3) is 0 Å². The molecule has 0 bridgehead atoms. The van der Waals surface area contributed by atoms with E-state index in [9.17, 15) is 9.35 Å². The lowest BCUT2D eigenvalue weighted by Gasteiger charge is -2.34. The number of aryl methyl sites for hydroxylation is 1. The SMILES string of the molecule is Cn1nccc1-c1ccc([S+]([O-])c2cccc(C3(C(N)=O)CCOCC3)c2)cc1. The van der Waals surface area contributed by atoms with Gasteiger partial charge in [0.1, 0.15) is 0 Å². The van der Waals surface area contributed by atoms with Gasteiger partial charge in [-0.1, -0.05) is 12.1 Å². The molecule has 2 N–H and O–H groups in total. The highest BCUT2D eigenvalue weighted by Gasteiger charge is 2.40. The minimum Gasteiger partial charge on any atom is -0.606 e. The molecule has 1 amide bonds. The summed E-state index contributed by atoms with van der Waals surface area (Å²) < 4.78 is 20.4. The molecule has 2 aromatic carbocycles. The molecule has 1 unspecified atom stereocenters. The van der Waals surface area contributed by atoms with E-state index in [1.165, 1.54) is 0 Å². The maximum Gasteiger partial charge on any atom is 0.228 e. The van der Waals surface area contributed by atoms with E-state index in [2.05, 4.69) is 5.10 Å². The third kappa shape index (κ3) is 3.69. The van der Waals surface area contributed by atoms with Gasteiger partial charge in [-0.15, -0.1) is 0 Å². The van der Waals surface area contributed by atoms with Crippen LogP contribution >= 0.6 is 0 Å². The Bertz CT molecular complexity index is 1010. The molecule has 0 radical (unpaired) electrons. The van der Waals surface area contributed by atoms with Crippen molar-refractivity contribution in [1.29, 1.82) is 0 Å². The number of primary amides is 1. The quantitative estimate of drug-likeness (QED) is 0.656. The molecule has 29 heavy (non-hydrogen) atoms. The Kier molecular flexibility index (Phi) is 5.45. The average Bonchev–Trinajstić information content (AvgIpc) is 3.19. The fourth-order valence-electron chi connectivity index (χ4n) is 3.85. The summed E-state index contributed by atoms with van der Waals surface area (Å²) in [5.74, 6) is -0.357. The van der Waals surface area contributed by atoms with E-state index in [0.29, 0.717) is 35.8 Å². The molecule has 150 valence electrons. The molecule has 3 aromatic rings. The van der Waals surface area contributed by atoms with Crippen LogP contribution in [0.5, 0.6) is 0 Å². The van der Waals surface area contributed by atoms with Crippen LogP contribution in [0.3, 0.4) is 0 Å². The monoisotopic (exact) mass is 409 g/mol.